The molecule has 0 saturated carbocycles. The second kappa shape index (κ2) is 10.4. The summed E-state index contributed by atoms with van der Waals surface area (Å²) in [6, 6.07) is 55.2. The van der Waals surface area contributed by atoms with Crippen molar-refractivity contribution in [3.8, 4) is 34.6 Å². The van der Waals surface area contributed by atoms with E-state index in [1.165, 1.54) is 42.0 Å². The van der Waals surface area contributed by atoms with Gasteiger partial charge in [0.05, 0.1) is 45.0 Å². The Morgan fingerprint density at radius 1 is 0.449 bits per heavy atom. The van der Waals surface area contributed by atoms with E-state index in [1.807, 2.05) is 53.8 Å². The summed E-state index contributed by atoms with van der Waals surface area (Å²) >= 11 is 1.83. The molecule has 3 heterocycles. The number of hydrogen-bond acceptors (Lipinski definition) is 3. The van der Waals surface area contributed by atoms with Crippen LogP contribution in [0.15, 0.2) is 146 Å². The molecule has 0 bridgehead atoms. The molecule has 10 rings (SSSR count). The minimum atomic E-state index is 0.593. The molecule has 3 aromatic heterocycles. The van der Waals surface area contributed by atoms with Crippen LogP contribution in [0.25, 0.3) is 86.3 Å². The van der Waals surface area contributed by atoms with Gasteiger partial charge in [0.25, 0.3) is 0 Å². The normalized spacial score (nSPS) is 11.6. The van der Waals surface area contributed by atoms with Crippen LogP contribution >= 0.6 is 11.3 Å². The predicted molar refractivity (Wildman–Crippen MR) is 203 cm³/mol. The minimum absolute atomic E-state index is 0.593. The third-order valence-corrected chi connectivity index (χ3v) is 11.1. The second-order valence-corrected chi connectivity index (χ2v) is 13.3. The van der Waals surface area contributed by atoms with Crippen molar-refractivity contribution in [2.45, 2.75) is 0 Å². The van der Waals surface area contributed by atoms with E-state index in [1.54, 1.807) is 0 Å². The Balaban J connectivity index is 1.31. The molecule has 4 nitrogen and oxygen atoms in total. The Labute approximate surface area is 285 Å². The fourth-order valence-electron chi connectivity index (χ4n) is 7.75. The molecule has 5 heteroatoms. The molecule has 226 valence electrons. The average Bonchev–Trinajstić information content (AvgIpc) is 3.82. The molecular weight excluding hydrogens is 617 g/mol. The standard InChI is InChI=1S/C44H24N4S/c45-25-27-20-22-39-36(24-27)30-13-4-6-18-37(30)48(39)42-28(26-46)10-8-15-31(42)32-16-9-17-33-34-21-23-40-41(44(34)49-43(32)33)35-14-5-7-19-38(35)47(40)29-11-2-1-3-12-29/h1-24H. The van der Waals surface area contributed by atoms with E-state index in [4.69, 9.17) is 0 Å². The van der Waals surface area contributed by atoms with E-state index in [2.05, 4.69) is 124 Å². The van der Waals surface area contributed by atoms with E-state index in [0.29, 0.717) is 11.1 Å². The van der Waals surface area contributed by atoms with Gasteiger partial charge in [-0.2, -0.15) is 10.5 Å². The summed E-state index contributed by atoms with van der Waals surface area (Å²) in [7, 11) is 0. The number of para-hydroxylation sites is 4. The lowest BCUT2D eigenvalue weighted by Crippen LogP contribution is -2.01. The first-order valence-corrected chi connectivity index (χ1v) is 17.0. The minimum Gasteiger partial charge on any atom is -0.309 e. The Kier molecular flexibility index (Phi) is 5.84. The summed E-state index contributed by atoms with van der Waals surface area (Å²) < 4.78 is 7.01. The quantitative estimate of drug-likeness (QED) is 0.193. The number of nitriles is 2. The number of hydrogen-bond donors (Lipinski definition) is 0. The first-order chi connectivity index (χ1) is 24.2. The van der Waals surface area contributed by atoms with Gasteiger partial charge in [0.1, 0.15) is 6.07 Å². The van der Waals surface area contributed by atoms with Gasteiger partial charge in [-0.25, -0.2) is 0 Å². The topological polar surface area (TPSA) is 57.4 Å². The molecule has 0 aliphatic heterocycles. The highest BCUT2D eigenvalue weighted by molar-refractivity contribution is 7.27. The molecule has 0 unspecified atom stereocenters. The molecule has 0 radical (unpaired) electrons. The zero-order valence-electron chi connectivity index (χ0n) is 26.1. The molecular formula is C44H24N4S. The SMILES string of the molecule is N#Cc1ccc2c(c1)c1ccccc1n2-c1c(C#N)cccc1-c1cccc2c1sc1c2ccc2c1c1ccccc1n2-c1ccccc1. The van der Waals surface area contributed by atoms with Gasteiger partial charge >= 0.3 is 0 Å². The van der Waals surface area contributed by atoms with Crippen LogP contribution in [-0.2, 0) is 0 Å². The van der Waals surface area contributed by atoms with Crippen LogP contribution in [0.4, 0.5) is 0 Å². The molecule has 0 spiro atoms. The van der Waals surface area contributed by atoms with E-state index in [0.717, 1.165) is 44.3 Å². The average molecular weight is 641 g/mol. The van der Waals surface area contributed by atoms with Gasteiger partial charge in [-0.15, -0.1) is 11.3 Å². The van der Waals surface area contributed by atoms with Crippen molar-refractivity contribution >= 4 is 75.1 Å². The second-order valence-electron chi connectivity index (χ2n) is 12.3. The van der Waals surface area contributed by atoms with Crippen LogP contribution in [0.1, 0.15) is 11.1 Å². The van der Waals surface area contributed by atoms with E-state index >= 15 is 0 Å². The maximum absolute atomic E-state index is 10.6. The highest BCUT2D eigenvalue weighted by atomic mass is 32.1. The van der Waals surface area contributed by atoms with Gasteiger partial charge in [0.15, 0.2) is 0 Å². The summed E-state index contributed by atoms with van der Waals surface area (Å²) in [5.74, 6) is 0. The molecule has 49 heavy (non-hydrogen) atoms. The fourth-order valence-corrected chi connectivity index (χ4v) is 9.14. The molecule has 0 amide bonds. The lowest BCUT2D eigenvalue weighted by molar-refractivity contribution is 1.17. The van der Waals surface area contributed by atoms with Crippen LogP contribution in [0.3, 0.4) is 0 Å². The van der Waals surface area contributed by atoms with Crippen molar-refractivity contribution in [2.75, 3.05) is 0 Å². The Morgan fingerprint density at radius 2 is 1.10 bits per heavy atom. The number of benzene rings is 7. The van der Waals surface area contributed by atoms with E-state index in [-0.39, 0.29) is 0 Å². The van der Waals surface area contributed by atoms with Crippen LogP contribution in [0, 0.1) is 22.7 Å². The Hall–Kier alpha value is -6.66. The third kappa shape index (κ3) is 3.82. The number of thiophene rings is 1. The summed E-state index contributed by atoms with van der Waals surface area (Å²) in [4.78, 5) is 0. The largest absolute Gasteiger partial charge is 0.309 e. The molecule has 0 saturated heterocycles. The highest BCUT2D eigenvalue weighted by Gasteiger charge is 2.22. The Bertz CT molecular complexity index is 3070. The van der Waals surface area contributed by atoms with Gasteiger partial charge in [-0.1, -0.05) is 91.0 Å². The molecule has 0 aliphatic rings. The number of aromatic nitrogens is 2. The van der Waals surface area contributed by atoms with E-state index in [9.17, 15) is 10.5 Å². The first kappa shape index (κ1) is 27.5. The molecule has 0 N–H and O–H groups in total. The Morgan fingerprint density at radius 3 is 1.92 bits per heavy atom. The summed E-state index contributed by atoms with van der Waals surface area (Å²) in [5, 5.41) is 27.2. The summed E-state index contributed by atoms with van der Waals surface area (Å²) in [6.45, 7) is 0. The number of nitrogens with zero attached hydrogens (tertiary/aromatic N) is 4. The highest BCUT2D eigenvalue weighted by Crippen LogP contribution is 2.47. The smallest absolute Gasteiger partial charge is 0.101 e. The number of rotatable bonds is 3. The molecule has 0 fully saturated rings. The van der Waals surface area contributed by atoms with Crippen molar-refractivity contribution in [3.05, 3.63) is 157 Å². The zero-order valence-corrected chi connectivity index (χ0v) is 26.9. The van der Waals surface area contributed by atoms with Crippen molar-refractivity contribution in [3.63, 3.8) is 0 Å². The van der Waals surface area contributed by atoms with Gasteiger partial charge in [-0.3, -0.25) is 0 Å². The maximum atomic E-state index is 10.6. The van der Waals surface area contributed by atoms with Gasteiger partial charge in [0, 0.05) is 58.5 Å². The molecule has 10 aromatic rings. The van der Waals surface area contributed by atoms with Crippen molar-refractivity contribution < 1.29 is 0 Å². The van der Waals surface area contributed by atoms with Crippen molar-refractivity contribution in [1.82, 2.24) is 9.13 Å². The lowest BCUT2D eigenvalue weighted by atomic mass is 9.98. The van der Waals surface area contributed by atoms with Crippen LogP contribution in [0.5, 0.6) is 0 Å². The van der Waals surface area contributed by atoms with Crippen molar-refractivity contribution in [1.29, 1.82) is 10.5 Å². The lowest BCUT2D eigenvalue weighted by Gasteiger charge is -2.16. The predicted octanol–water partition coefficient (Wildman–Crippen LogP) is 11.7. The number of fused-ring (bicyclic) bond motifs is 10. The molecule has 0 aliphatic carbocycles. The molecule has 0 atom stereocenters. The monoisotopic (exact) mass is 640 g/mol. The van der Waals surface area contributed by atoms with E-state index < -0.39 is 0 Å². The van der Waals surface area contributed by atoms with Crippen LogP contribution in [-0.4, -0.2) is 9.13 Å². The first-order valence-electron chi connectivity index (χ1n) is 16.1. The van der Waals surface area contributed by atoms with Gasteiger partial charge < -0.3 is 9.13 Å². The zero-order chi connectivity index (χ0) is 32.6. The third-order valence-electron chi connectivity index (χ3n) is 9.79. The molecule has 7 aromatic carbocycles. The fraction of sp³-hybridized carbons (Fsp3) is 0. The van der Waals surface area contributed by atoms with Crippen LogP contribution in [0.2, 0.25) is 0 Å². The van der Waals surface area contributed by atoms with Crippen molar-refractivity contribution in [2.24, 2.45) is 0 Å². The van der Waals surface area contributed by atoms with Crippen LogP contribution < -0.4 is 0 Å². The van der Waals surface area contributed by atoms with Gasteiger partial charge in [-0.05, 0) is 54.6 Å². The summed E-state index contributed by atoms with van der Waals surface area (Å²) in [6.07, 6.45) is 0. The van der Waals surface area contributed by atoms with Gasteiger partial charge in [0.2, 0.25) is 0 Å². The summed E-state index contributed by atoms with van der Waals surface area (Å²) in [5.41, 5.74) is 9.59. The maximum Gasteiger partial charge on any atom is 0.101 e.